The highest BCUT2D eigenvalue weighted by Gasteiger charge is 2.22. The molecule has 1 aromatic carbocycles. The Kier molecular flexibility index (Phi) is 9.14. The molecule has 5 heteroatoms. The van der Waals surface area contributed by atoms with E-state index < -0.39 is 0 Å². The topological polar surface area (TPSA) is 64.3 Å². The van der Waals surface area contributed by atoms with Gasteiger partial charge in [-0.2, -0.15) is 0 Å². The van der Waals surface area contributed by atoms with Crippen LogP contribution >= 0.6 is 12.4 Å². The van der Waals surface area contributed by atoms with Gasteiger partial charge in [0.2, 0.25) is 5.91 Å². The lowest BCUT2D eigenvalue weighted by atomic mass is 9.93. The molecule has 1 aromatic rings. The monoisotopic (exact) mass is 328 g/mol. The fraction of sp³-hybridized carbons (Fsp3) is 0.588. The fourth-order valence-corrected chi connectivity index (χ4v) is 2.31. The van der Waals surface area contributed by atoms with Crippen LogP contribution in [0, 0.1) is 0 Å². The lowest BCUT2D eigenvalue weighted by Gasteiger charge is -2.27. The Morgan fingerprint density at radius 2 is 1.91 bits per heavy atom. The maximum absolute atomic E-state index is 12.1. The third-order valence-corrected chi connectivity index (χ3v) is 4.21. The number of carbonyl (C=O) groups is 1. The normalized spacial score (nSPS) is 12.2. The number of nitrogens with two attached hydrogens (primary N) is 1. The van der Waals surface area contributed by atoms with E-state index in [1.54, 1.807) is 7.11 Å². The van der Waals surface area contributed by atoms with E-state index in [0.717, 1.165) is 24.2 Å². The fourth-order valence-electron chi connectivity index (χ4n) is 2.31. The maximum Gasteiger partial charge on any atom is 0.220 e. The van der Waals surface area contributed by atoms with Gasteiger partial charge < -0.3 is 15.8 Å². The third-order valence-electron chi connectivity index (χ3n) is 4.21. The van der Waals surface area contributed by atoms with Crippen molar-refractivity contribution in [1.29, 1.82) is 0 Å². The Hall–Kier alpha value is -1.26. The van der Waals surface area contributed by atoms with Crippen LogP contribution in [0.4, 0.5) is 0 Å². The summed E-state index contributed by atoms with van der Waals surface area (Å²) >= 11 is 0. The second kappa shape index (κ2) is 9.70. The van der Waals surface area contributed by atoms with Gasteiger partial charge >= 0.3 is 0 Å². The quantitative estimate of drug-likeness (QED) is 0.770. The number of nitrogens with one attached hydrogen (secondary N) is 1. The van der Waals surface area contributed by atoms with Gasteiger partial charge in [0.05, 0.1) is 7.11 Å². The van der Waals surface area contributed by atoms with Crippen molar-refractivity contribution in [2.45, 2.75) is 51.5 Å². The zero-order chi connectivity index (χ0) is 15.9. The summed E-state index contributed by atoms with van der Waals surface area (Å²) < 4.78 is 5.35. The van der Waals surface area contributed by atoms with Crippen LogP contribution in [0.25, 0.3) is 0 Å². The Bertz CT molecular complexity index is 462. The molecule has 0 aliphatic carbocycles. The standard InChI is InChI=1S/C17H28N2O2.ClH/c1-5-17(18,6-2)12-19-16(20)11-13(3)14-9-7-8-10-15(14)21-4;/h7-10,13H,5-6,11-12,18H2,1-4H3,(H,19,20);1H. The number of halogens is 1. The van der Waals surface area contributed by atoms with E-state index in [0.29, 0.717) is 13.0 Å². The minimum atomic E-state index is -0.302. The molecule has 0 fully saturated rings. The van der Waals surface area contributed by atoms with Gasteiger partial charge in [-0.15, -0.1) is 12.4 Å². The van der Waals surface area contributed by atoms with E-state index in [9.17, 15) is 4.79 Å². The van der Waals surface area contributed by atoms with Gasteiger partial charge in [-0.05, 0) is 30.4 Å². The van der Waals surface area contributed by atoms with Gasteiger partial charge in [0.15, 0.2) is 0 Å². The third kappa shape index (κ3) is 5.85. The van der Waals surface area contributed by atoms with Gasteiger partial charge in [0.25, 0.3) is 0 Å². The van der Waals surface area contributed by atoms with Crippen LogP contribution in [0.2, 0.25) is 0 Å². The second-order valence-electron chi connectivity index (χ2n) is 5.69. The largest absolute Gasteiger partial charge is 0.496 e. The molecule has 0 radical (unpaired) electrons. The first-order valence-corrected chi connectivity index (χ1v) is 7.64. The first kappa shape index (κ1) is 20.7. The molecule has 0 aliphatic rings. The predicted octanol–water partition coefficient (Wildman–Crippen LogP) is 3.24. The molecular weight excluding hydrogens is 300 g/mol. The van der Waals surface area contributed by atoms with Crippen LogP contribution in [0.3, 0.4) is 0 Å². The first-order valence-electron chi connectivity index (χ1n) is 7.64. The molecule has 0 saturated heterocycles. The average Bonchev–Trinajstić information content (AvgIpc) is 2.52. The maximum atomic E-state index is 12.1. The number of benzene rings is 1. The summed E-state index contributed by atoms with van der Waals surface area (Å²) in [6.07, 6.45) is 2.14. The summed E-state index contributed by atoms with van der Waals surface area (Å²) in [6, 6.07) is 7.82. The van der Waals surface area contributed by atoms with Crippen LogP contribution in [0.5, 0.6) is 5.75 Å². The molecule has 0 heterocycles. The van der Waals surface area contributed by atoms with Crippen molar-refractivity contribution in [3.05, 3.63) is 29.8 Å². The highest BCUT2D eigenvalue weighted by molar-refractivity contribution is 5.85. The Labute approximate surface area is 140 Å². The molecule has 22 heavy (non-hydrogen) atoms. The van der Waals surface area contributed by atoms with Crippen molar-refractivity contribution < 1.29 is 9.53 Å². The number of rotatable bonds is 8. The van der Waals surface area contributed by atoms with Crippen molar-refractivity contribution in [2.24, 2.45) is 5.73 Å². The number of amides is 1. The van der Waals surface area contributed by atoms with Crippen LogP contribution < -0.4 is 15.8 Å². The SMILES string of the molecule is CCC(N)(CC)CNC(=O)CC(C)c1ccccc1OC.Cl. The molecule has 3 N–H and O–H groups in total. The van der Waals surface area contributed by atoms with Gasteiger partial charge in [-0.1, -0.05) is 39.0 Å². The number of para-hydroxylation sites is 1. The van der Waals surface area contributed by atoms with Crippen LogP contribution in [-0.4, -0.2) is 25.1 Å². The molecule has 4 nitrogen and oxygen atoms in total. The molecule has 1 unspecified atom stereocenters. The molecule has 1 rings (SSSR count). The highest BCUT2D eigenvalue weighted by Crippen LogP contribution is 2.28. The highest BCUT2D eigenvalue weighted by atomic mass is 35.5. The van der Waals surface area contributed by atoms with Crippen molar-refractivity contribution in [2.75, 3.05) is 13.7 Å². The van der Waals surface area contributed by atoms with E-state index in [2.05, 4.69) is 5.32 Å². The van der Waals surface area contributed by atoms with Crippen LogP contribution in [0.15, 0.2) is 24.3 Å². The van der Waals surface area contributed by atoms with E-state index in [-0.39, 0.29) is 29.8 Å². The van der Waals surface area contributed by atoms with Crippen LogP contribution in [-0.2, 0) is 4.79 Å². The molecule has 0 aliphatic heterocycles. The number of ether oxygens (including phenoxy) is 1. The Balaban J connectivity index is 0.00000441. The molecular formula is C17H29ClN2O2. The lowest BCUT2D eigenvalue weighted by Crippen LogP contribution is -2.49. The zero-order valence-electron chi connectivity index (χ0n) is 14.0. The summed E-state index contributed by atoms with van der Waals surface area (Å²) in [5, 5.41) is 2.96. The van der Waals surface area contributed by atoms with Gasteiger partial charge in [-0.25, -0.2) is 0 Å². The van der Waals surface area contributed by atoms with E-state index >= 15 is 0 Å². The van der Waals surface area contributed by atoms with Crippen LogP contribution in [0.1, 0.15) is 51.5 Å². The van der Waals surface area contributed by atoms with E-state index in [4.69, 9.17) is 10.5 Å². The summed E-state index contributed by atoms with van der Waals surface area (Å²) in [5.74, 6) is 0.967. The van der Waals surface area contributed by atoms with Crippen molar-refractivity contribution in [3.8, 4) is 5.75 Å². The average molecular weight is 329 g/mol. The van der Waals surface area contributed by atoms with Crippen molar-refractivity contribution in [1.82, 2.24) is 5.32 Å². The number of hydrogen-bond acceptors (Lipinski definition) is 3. The zero-order valence-corrected chi connectivity index (χ0v) is 14.8. The molecule has 0 aromatic heterocycles. The second-order valence-corrected chi connectivity index (χ2v) is 5.69. The number of carbonyl (C=O) groups excluding carboxylic acids is 1. The summed E-state index contributed by atoms with van der Waals surface area (Å²) in [4.78, 5) is 12.1. The molecule has 1 atom stereocenters. The van der Waals surface area contributed by atoms with Crippen molar-refractivity contribution in [3.63, 3.8) is 0 Å². The number of hydrogen-bond donors (Lipinski definition) is 2. The smallest absolute Gasteiger partial charge is 0.220 e. The molecule has 0 bridgehead atoms. The molecule has 0 saturated carbocycles. The number of methoxy groups -OCH3 is 1. The molecule has 126 valence electrons. The minimum absolute atomic E-state index is 0. The van der Waals surface area contributed by atoms with Gasteiger partial charge in [0.1, 0.15) is 5.75 Å². The summed E-state index contributed by atoms with van der Waals surface area (Å²) in [7, 11) is 1.65. The molecule has 1 amide bonds. The van der Waals surface area contributed by atoms with E-state index in [1.807, 2.05) is 45.0 Å². The molecule has 0 spiro atoms. The first-order chi connectivity index (χ1) is 9.95. The lowest BCUT2D eigenvalue weighted by molar-refractivity contribution is -0.121. The van der Waals surface area contributed by atoms with Gasteiger partial charge in [0, 0.05) is 18.5 Å². The minimum Gasteiger partial charge on any atom is -0.496 e. The Morgan fingerprint density at radius 3 is 2.45 bits per heavy atom. The predicted molar refractivity (Wildman–Crippen MR) is 93.8 cm³/mol. The summed E-state index contributed by atoms with van der Waals surface area (Å²) in [6.45, 7) is 6.66. The Morgan fingerprint density at radius 1 is 1.32 bits per heavy atom. The van der Waals surface area contributed by atoms with E-state index in [1.165, 1.54) is 0 Å². The van der Waals surface area contributed by atoms with Crippen molar-refractivity contribution >= 4 is 18.3 Å². The van der Waals surface area contributed by atoms with Gasteiger partial charge in [-0.3, -0.25) is 4.79 Å². The summed E-state index contributed by atoms with van der Waals surface area (Å²) in [5.41, 5.74) is 6.95.